The van der Waals surface area contributed by atoms with Crippen LogP contribution in [-0.4, -0.2) is 23.0 Å². The molecule has 0 atom stereocenters. The van der Waals surface area contributed by atoms with Crippen molar-refractivity contribution in [3.05, 3.63) is 41.6 Å². The fourth-order valence-corrected chi connectivity index (χ4v) is 2.99. The molecule has 0 bridgehead atoms. The van der Waals surface area contributed by atoms with Gasteiger partial charge >= 0.3 is 0 Å². The average Bonchev–Trinajstić information content (AvgIpc) is 2.41. The van der Waals surface area contributed by atoms with E-state index in [0.717, 1.165) is 23.7 Å². The zero-order valence-corrected chi connectivity index (χ0v) is 11.9. The molecule has 0 amide bonds. The van der Waals surface area contributed by atoms with Crippen molar-refractivity contribution >= 4 is 10.9 Å². The van der Waals surface area contributed by atoms with Crippen molar-refractivity contribution in [1.82, 2.24) is 9.88 Å². The second kappa shape index (κ2) is 5.30. The van der Waals surface area contributed by atoms with Crippen molar-refractivity contribution in [2.75, 3.05) is 13.1 Å². The van der Waals surface area contributed by atoms with Crippen molar-refractivity contribution in [2.45, 2.75) is 33.2 Å². The molecular weight excluding hydrogens is 232 g/mol. The molecule has 2 nitrogen and oxygen atoms in total. The Hall–Kier alpha value is -1.41. The number of pyridine rings is 1. The van der Waals surface area contributed by atoms with Gasteiger partial charge in [-0.05, 0) is 56.5 Å². The minimum atomic E-state index is 0.896. The number of hydrogen-bond donors (Lipinski definition) is 0. The minimum absolute atomic E-state index is 0.896. The van der Waals surface area contributed by atoms with Crippen molar-refractivity contribution in [3.63, 3.8) is 0 Å². The number of likely N-dealkylation sites (tertiary alicyclic amines) is 1. The van der Waals surface area contributed by atoms with Crippen LogP contribution in [0.1, 0.15) is 31.0 Å². The summed E-state index contributed by atoms with van der Waals surface area (Å²) < 4.78 is 0. The maximum absolute atomic E-state index is 4.62. The lowest BCUT2D eigenvalue weighted by atomic mass is 9.98. The molecule has 19 heavy (non-hydrogen) atoms. The van der Waals surface area contributed by atoms with E-state index in [0.29, 0.717) is 0 Å². The van der Waals surface area contributed by atoms with Crippen LogP contribution in [0.15, 0.2) is 30.3 Å². The zero-order valence-electron chi connectivity index (χ0n) is 11.9. The van der Waals surface area contributed by atoms with Gasteiger partial charge in [-0.2, -0.15) is 0 Å². The molecule has 0 radical (unpaired) electrons. The number of fused-ring (bicyclic) bond motifs is 1. The fourth-order valence-electron chi connectivity index (χ4n) is 2.99. The van der Waals surface area contributed by atoms with Gasteiger partial charge in [-0.1, -0.05) is 25.1 Å². The molecule has 2 heterocycles. The first-order valence-electron chi connectivity index (χ1n) is 7.30. The summed E-state index contributed by atoms with van der Waals surface area (Å²) in [6.07, 6.45) is 2.67. The summed E-state index contributed by atoms with van der Waals surface area (Å²) in [5, 5.41) is 1.31. The Morgan fingerprint density at radius 1 is 1.21 bits per heavy atom. The molecule has 1 saturated heterocycles. The maximum Gasteiger partial charge on any atom is 0.0708 e. The number of hydrogen-bond acceptors (Lipinski definition) is 2. The Morgan fingerprint density at radius 2 is 1.95 bits per heavy atom. The van der Waals surface area contributed by atoms with Gasteiger partial charge in [-0.3, -0.25) is 9.88 Å². The Bertz CT molecular complexity index is 568. The molecule has 2 heteroatoms. The third-order valence-electron chi connectivity index (χ3n) is 4.20. The Kier molecular flexibility index (Phi) is 3.52. The van der Waals surface area contributed by atoms with Crippen LogP contribution >= 0.6 is 0 Å². The van der Waals surface area contributed by atoms with Crippen molar-refractivity contribution in [2.24, 2.45) is 5.92 Å². The van der Waals surface area contributed by atoms with Gasteiger partial charge in [0.05, 0.1) is 5.52 Å². The molecular formula is C17H22N2. The van der Waals surface area contributed by atoms with E-state index in [9.17, 15) is 0 Å². The van der Waals surface area contributed by atoms with E-state index in [2.05, 4.69) is 54.1 Å². The van der Waals surface area contributed by atoms with Crippen LogP contribution in [-0.2, 0) is 6.54 Å². The number of nitrogens with zero attached hydrogens (tertiary/aromatic N) is 2. The Morgan fingerprint density at radius 3 is 2.74 bits per heavy atom. The molecule has 0 N–H and O–H groups in total. The smallest absolute Gasteiger partial charge is 0.0708 e. The first kappa shape index (κ1) is 12.6. The van der Waals surface area contributed by atoms with Crippen molar-refractivity contribution in [1.29, 1.82) is 0 Å². The van der Waals surface area contributed by atoms with Crippen LogP contribution in [0, 0.1) is 12.8 Å². The van der Waals surface area contributed by atoms with E-state index in [1.807, 2.05) is 0 Å². The summed E-state index contributed by atoms with van der Waals surface area (Å²) in [6, 6.07) is 10.7. The van der Waals surface area contributed by atoms with E-state index >= 15 is 0 Å². The summed E-state index contributed by atoms with van der Waals surface area (Å²) in [6.45, 7) is 7.99. The van der Waals surface area contributed by atoms with E-state index in [1.165, 1.54) is 36.9 Å². The third kappa shape index (κ3) is 2.79. The minimum Gasteiger partial charge on any atom is -0.299 e. The van der Waals surface area contributed by atoms with Crippen molar-refractivity contribution < 1.29 is 0 Å². The molecule has 1 aliphatic rings. The van der Waals surface area contributed by atoms with Gasteiger partial charge in [-0.15, -0.1) is 0 Å². The number of rotatable bonds is 2. The van der Waals surface area contributed by atoms with Crippen LogP contribution in [0.25, 0.3) is 10.9 Å². The first-order chi connectivity index (χ1) is 9.22. The van der Waals surface area contributed by atoms with Crippen LogP contribution in [0.4, 0.5) is 0 Å². The van der Waals surface area contributed by atoms with Crippen molar-refractivity contribution in [3.8, 4) is 0 Å². The summed E-state index contributed by atoms with van der Waals surface area (Å²) in [7, 11) is 0. The topological polar surface area (TPSA) is 16.1 Å². The molecule has 0 saturated carbocycles. The third-order valence-corrected chi connectivity index (χ3v) is 4.20. The largest absolute Gasteiger partial charge is 0.299 e. The van der Waals surface area contributed by atoms with E-state index in [-0.39, 0.29) is 0 Å². The van der Waals surface area contributed by atoms with Crippen LogP contribution in [0.3, 0.4) is 0 Å². The highest BCUT2D eigenvalue weighted by Gasteiger charge is 2.16. The average molecular weight is 254 g/mol. The second-order valence-electron chi connectivity index (χ2n) is 5.90. The molecule has 3 rings (SSSR count). The van der Waals surface area contributed by atoms with E-state index in [1.54, 1.807) is 0 Å². The van der Waals surface area contributed by atoms with E-state index < -0.39 is 0 Å². The van der Waals surface area contributed by atoms with Gasteiger partial charge in [-0.25, -0.2) is 0 Å². The second-order valence-corrected chi connectivity index (χ2v) is 5.90. The Balaban J connectivity index is 1.88. The van der Waals surface area contributed by atoms with Gasteiger partial charge in [0.1, 0.15) is 0 Å². The van der Waals surface area contributed by atoms with Gasteiger partial charge in [0, 0.05) is 17.6 Å². The molecule has 0 unspecified atom stereocenters. The predicted molar refractivity (Wildman–Crippen MR) is 80.2 cm³/mol. The number of aromatic nitrogens is 1. The van der Waals surface area contributed by atoms with Gasteiger partial charge in [0.2, 0.25) is 0 Å². The molecule has 0 spiro atoms. The fraction of sp³-hybridized carbons (Fsp3) is 0.471. The van der Waals surface area contributed by atoms with Gasteiger partial charge in [0.15, 0.2) is 0 Å². The normalized spacial score (nSPS) is 18.0. The summed E-state index contributed by atoms with van der Waals surface area (Å²) in [4.78, 5) is 7.21. The number of piperidine rings is 1. The van der Waals surface area contributed by atoms with Crippen LogP contribution < -0.4 is 0 Å². The van der Waals surface area contributed by atoms with Crippen LogP contribution in [0.5, 0.6) is 0 Å². The Labute approximate surface area is 115 Å². The number of aryl methyl sites for hydroxylation is 1. The lowest BCUT2D eigenvalue weighted by Crippen LogP contribution is -2.32. The summed E-state index contributed by atoms with van der Waals surface area (Å²) >= 11 is 0. The zero-order chi connectivity index (χ0) is 13.2. The monoisotopic (exact) mass is 254 g/mol. The molecule has 1 aromatic heterocycles. The molecule has 0 aliphatic carbocycles. The predicted octanol–water partition coefficient (Wildman–Crippen LogP) is 3.78. The lowest BCUT2D eigenvalue weighted by Gasteiger charge is -2.30. The molecule has 1 aromatic carbocycles. The number of para-hydroxylation sites is 1. The van der Waals surface area contributed by atoms with E-state index in [4.69, 9.17) is 0 Å². The highest BCUT2D eigenvalue weighted by Crippen LogP contribution is 2.23. The molecule has 1 fully saturated rings. The van der Waals surface area contributed by atoms with Gasteiger partial charge in [0.25, 0.3) is 0 Å². The SMILES string of the molecule is Cc1cc(CN2CCC(C)CC2)c2ccccc2n1. The first-order valence-corrected chi connectivity index (χ1v) is 7.30. The summed E-state index contributed by atoms with van der Waals surface area (Å²) in [5.74, 6) is 0.896. The standard InChI is InChI=1S/C17H22N2/c1-13-7-9-19(10-8-13)12-15-11-14(2)18-17-6-4-3-5-16(15)17/h3-6,11,13H,7-10,12H2,1-2H3. The number of benzene rings is 1. The van der Waals surface area contributed by atoms with Crippen LogP contribution in [0.2, 0.25) is 0 Å². The molecule has 1 aliphatic heterocycles. The maximum atomic E-state index is 4.62. The quantitative estimate of drug-likeness (QED) is 0.811. The van der Waals surface area contributed by atoms with Gasteiger partial charge < -0.3 is 0 Å². The highest BCUT2D eigenvalue weighted by molar-refractivity contribution is 5.82. The summed E-state index contributed by atoms with van der Waals surface area (Å²) in [5.41, 5.74) is 3.68. The lowest BCUT2D eigenvalue weighted by molar-refractivity contribution is 0.186. The molecule has 100 valence electrons. The highest BCUT2D eigenvalue weighted by atomic mass is 15.1. The molecule has 2 aromatic rings.